The summed E-state index contributed by atoms with van der Waals surface area (Å²) in [5, 5.41) is 18.2. The van der Waals surface area contributed by atoms with E-state index in [0.29, 0.717) is 12.3 Å². The fourth-order valence-corrected chi connectivity index (χ4v) is 4.86. The molecule has 9 nitrogen and oxygen atoms in total. The summed E-state index contributed by atoms with van der Waals surface area (Å²) in [5.41, 5.74) is 3.48. The summed E-state index contributed by atoms with van der Waals surface area (Å²) < 4.78 is 11.6. The Morgan fingerprint density at radius 1 is 1.07 bits per heavy atom. The van der Waals surface area contributed by atoms with Crippen LogP contribution in [0.3, 0.4) is 0 Å². The van der Waals surface area contributed by atoms with E-state index in [2.05, 4.69) is 20.7 Å². The quantitative estimate of drug-likeness (QED) is 0.113. The standard InChI is InChI=1S/C30H31ClN4O5S/c1-35(2)17-22-9-10-23(40-22)19-41-14-13-32-29(37)18-39-28-12-8-21(24-5-3-4-6-25(24)28)16-33-34-30(38)20-7-11-27(36)26(31)15-20/h3-12,15-16,36H,13-14,17-19H2,1-2H3,(H,32,37)(H,34,38)/b33-16+. The molecule has 214 valence electrons. The zero-order chi connectivity index (χ0) is 29.2. The summed E-state index contributed by atoms with van der Waals surface area (Å²) in [7, 11) is 4.00. The molecule has 0 aliphatic heterocycles. The molecule has 11 heteroatoms. The second-order valence-electron chi connectivity index (χ2n) is 9.36. The van der Waals surface area contributed by atoms with Gasteiger partial charge in [-0.1, -0.05) is 35.9 Å². The Balaban J connectivity index is 1.25. The molecule has 0 fully saturated rings. The van der Waals surface area contributed by atoms with Crippen molar-refractivity contribution in [1.82, 2.24) is 15.6 Å². The minimum Gasteiger partial charge on any atom is -0.506 e. The first-order valence-corrected chi connectivity index (χ1v) is 14.4. The fourth-order valence-electron chi connectivity index (χ4n) is 3.93. The molecule has 0 saturated carbocycles. The number of rotatable bonds is 13. The van der Waals surface area contributed by atoms with E-state index < -0.39 is 5.91 Å². The highest BCUT2D eigenvalue weighted by atomic mass is 35.5. The van der Waals surface area contributed by atoms with Gasteiger partial charge >= 0.3 is 0 Å². The van der Waals surface area contributed by atoms with E-state index in [4.69, 9.17) is 20.8 Å². The zero-order valence-corrected chi connectivity index (χ0v) is 24.3. The highest BCUT2D eigenvalue weighted by Crippen LogP contribution is 2.28. The molecule has 3 aromatic carbocycles. The van der Waals surface area contributed by atoms with Crippen LogP contribution in [0.25, 0.3) is 10.8 Å². The third-order valence-electron chi connectivity index (χ3n) is 5.86. The van der Waals surface area contributed by atoms with Crippen LogP contribution in [0.4, 0.5) is 0 Å². The molecule has 0 bridgehead atoms. The van der Waals surface area contributed by atoms with Gasteiger partial charge in [0.2, 0.25) is 0 Å². The Labute approximate surface area is 247 Å². The molecule has 0 radical (unpaired) electrons. The lowest BCUT2D eigenvalue weighted by Gasteiger charge is -2.11. The maximum Gasteiger partial charge on any atom is 0.271 e. The van der Waals surface area contributed by atoms with Gasteiger partial charge in [0.1, 0.15) is 23.0 Å². The van der Waals surface area contributed by atoms with Crippen LogP contribution in [0, 0.1) is 0 Å². The maximum absolute atomic E-state index is 12.4. The van der Waals surface area contributed by atoms with E-state index in [9.17, 15) is 14.7 Å². The van der Waals surface area contributed by atoms with Crippen molar-refractivity contribution in [3.63, 3.8) is 0 Å². The second kappa shape index (κ2) is 14.6. The van der Waals surface area contributed by atoms with Crippen LogP contribution in [0.2, 0.25) is 5.02 Å². The lowest BCUT2D eigenvalue weighted by molar-refractivity contribution is -0.122. The number of furan rings is 1. The number of nitrogens with one attached hydrogen (secondary N) is 2. The van der Waals surface area contributed by atoms with Crippen molar-refractivity contribution in [1.29, 1.82) is 0 Å². The number of aromatic hydroxyl groups is 1. The van der Waals surface area contributed by atoms with Crippen LogP contribution in [0.5, 0.6) is 11.5 Å². The lowest BCUT2D eigenvalue weighted by atomic mass is 10.0. The van der Waals surface area contributed by atoms with Gasteiger partial charge in [-0.2, -0.15) is 16.9 Å². The Bertz CT molecular complexity index is 1540. The van der Waals surface area contributed by atoms with Gasteiger partial charge in [-0.05, 0) is 61.9 Å². The van der Waals surface area contributed by atoms with Gasteiger partial charge in [-0.3, -0.25) is 9.59 Å². The molecule has 0 saturated heterocycles. The van der Waals surface area contributed by atoms with E-state index >= 15 is 0 Å². The van der Waals surface area contributed by atoms with Crippen LogP contribution in [0.15, 0.2) is 76.2 Å². The fraction of sp³-hybridized carbons (Fsp3) is 0.233. The van der Waals surface area contributed by atoms with Crippen molar-refractivity contribution >= 4 is 52.2 Å². The van der Waals surface area contributed by atoms with Gasteiger partial charge in [0.25, 0.3) is 11.8 Å². The van der Waals surface area contributed by atoms with Crippen molar-refractivity contribution in [3.8, 4) is 11.5 Å². The van der Waals surface area contributed by atoms with Crippen molar-refractivity contribution < 1.29 is 23.8 Å². The van der Waals surface area contributed by atoms with E-state index in [1.165, 1.54) is 24.4 Å². The minimum absolute atomic E-state index is 0.0788. The van der Waals surface area contributed by atoms with E-state index in [0.717, 1.165) is 45.9 Å². The number of hydrogen-bond donors (Lipinski definition) is 3. The Hall–Kier alpha value is -3.99. The number of fused-ring (bicyclic) bond motifs is 1. The third-order valence-corrected chi connectivity index (χ3v) is 7.14. The number of nitrogens with zero attached hydrogens (tertiary/aromatic N) is 2. The summed E-state index contributed by atoms with van der Waals surface area (Å²) in [6.07, 6.45) is 1.53. The summed E-state index contributed by atoms with van der Waals surface area (Å²) in [4.78, 5) is 26.8. The second-order valence-corrected chi connectivity index (χ2v) is 10.9. The molecule has 0 aliphatic carbocycles. The van der Waals surface area contributed by atoms with Gasteiger partial charge < -0.3 is 24.5 Å². The van der Waals surface area contributed by atoms with Crippen molar-refractivity contribution in [2.45, 2.75) is 12.3 Å². The van der Waals surface area contributed by atoms with Gasteiger partial charge in [0, 0.05) is 28.8 Å². The molecule has 3 N–H and O–H groups in total. The molecule has 0 atom stereocenters. The van der Waals surface area contributed by atoms with Gasteiger partial charge in [-0.25, -0.2) is 5.43 Å². The molecule has 0 unspecified atom stereocenters. The van der Waals surface area contributed by atoms with E-state index in [1.54, 1.807) is 23.9 Å². The summed E-state index contributed by atoms with van der Waals surface area (Å²) in [6.45, 7) is 1.18. The average molecular weight is 595 g/mol. The molecule has 41 heavy (non-hydrogen) atoms. The van der Waals surface area contributed by atoms with Crippen molar-refractivity contribution in [2.24, 2.45) is 5.10 Å². The highest BCUT2D eigenvalue weighted by Gasteiger charge is 2.10. The average Bonchev–Trinajstić information content (AvgIpc) is 3.39. The topological polar surface area (TPSA) is 116 Å². The monoisotopic (exact) mass is 594 g/mol. The molecule has 1 aromatic heterocycles. The summed E-state index contributed by atoms with van der Waals surface area (Å²) in [5.74, 6) is 3.15. The molecular weight excluding hydrogens is 564 g/mol. The first-order valence-electron chi connectivity index (χ1n) is 12.8. The number of halogens is 1. The lowest BCUT2D eigenvalue weighted by Crippen LogP contribution is -2.30. The van der Waals surface area contributed by atoms with Crippen LogP contribution >= 0.6 is 23.4 Å². The number of ether oxygens (including phenoxy) is 1. The van der Waals surface area contributed by atoms with Gasteiger partial charge in [-0.15, -0.1) is 0 Å². The molecule has 1 heterocycles. The number of hydrazone groups is 1. The molecule has 4 aromatic rings. The van der Waals surface area contributed by atoms with Gasteiger partial charge in [0.15, 0.2) is 6.61 Å². The normalized spacial score (nSPS) is 11.3. The first kappa shape index (κ1) is 30.0. The zero-order valence-electron chi connectivity index (χ0n) is 22.7. The number of phenols is 1. The molecule has 4 rings (SSSR count). The number of carbonyl (C=O) groups excluding carboxylic acids is 2. The maximum atomic E-state index is 12.4. The third kappa shape index (κ3) is 8.75. The molecular formula is C30H31ClN4O5S. The SMILES string of the molecule is CN(C)Cc1ccc(CSCCNC(=O)COc2ccc(/C=N/NC(=O)c3ccc(O)c(Cl)c3)c3ccccc23)o1. The predicted molar refractivity (Wildman–Crippen MR) is 163 cm³/mol. The largest absolute Gasteiger partial charge is 0.506 e. The van der Waals surface area contributed by atoms with Crippen LogP contribution in [0.1, 0.15) is 27.4 Å². The number of thioether (sulfide) groups is 1. The number of carbonyl (C=O) groups is 2. The number of benzene rings is 3. The smallest absolute Gasteiger partial charge is 0.271 e. The summed E-state index contributed by atoms with van der Waals surface area (Å²) >= 11 is 7.56. The summed E-state index contributed by atoms with van der Waals surface area (Å²) in [6, 6.07) is 19.3. The van der Waals surface area contributed by atoms with Crippen LogP contribution in [-0.2, 0) is 17.1 Å². The van der Waals surface area contributed by atoms with Crippen LogP contribution in [-0.4, -0.2) is 61.0 Å². The first-order chi connectivity index (χ1) is 19.8. The Morgan fingerprint density at radius 2 is 1.85 bits per heavy atom. The number of amides is 2. The number of hydrogen-bond acceptors (Lipinski definition) is 8. The van der Waals surface area contributed by atoms with Crippen LogP contribution < -0.4 is 15.5 Å². The molecule has 2 amide bonds. The molecule has 0 aliphatic rings. The molecule has 0 spiro atoms. The Kier molecular flexibility index (Phi) is 10.7. The minimum atomic E-state index is -0.466. The van der Waals surface area contributed by atoms with E-state index in [-0.39, 0.29) is 28.8 Å². The van der Waals surface area contributed by atoms with Gasteiger partial charge in [0.05, 0.1) is 23.5 Å². The predicted octanol–water partition coefficient (Wildman–Crippen LogP) is 5.05. The highest BCUT2D eigenvalue weighted by molar-refractivity contribution is 7.98. The van der Waals surface area contributed by atoms with Crippen molar-refractivity contribution in [2.75, 3.05) is 33.0 Å². The Morgan fingerprint density at radius 3 is 2.63 bits per heavy atom. The van der Waals surface area contributed by atoms with Crippen molar-refractivity contribution in [3.05, 3.63) is 94.4 Å². The number of phenolic OH excluding ortho intramolecular Hbond substituents is 1. The van der Waals surface area contributed by atoms with E-state index in [1.807, 2.05) is 50.5 Å².